The third-order valence-electron chi connectivity index (χ3n) is 3.78. The molecule has 2 N–H and O–H groups in total. The van der Waals surface area contributed by atoms with Crippen LogP contribution in [0.15, 0.2) is 32.5 Å². The van der Waals surface area contributed by atoms with Crippen molar-refractivity contribution in [3.05, 3.63) is 48.5 Å². The molecule has 0 fully saturated rings. The highest BCUT2D eigenvalue weighted by molar-refractivity contribution is 9.13. The Morgan fingerprint density at radius 2 is 2.00 bits per heavy atom. The number of anilines is 1. The summed E-state index contributed by atoms with van der Waals surface area (Å²) < 4.78 is 1.88. The molecule has 0 aliphatic carbocycles. The largest absolute Gasteiger partial charge is 0.383 e. The van der Waals surface area contributed by atoms with Gasteiger partial charge in [0.1, 0.15) is 6.10 Å². The smallest absolute Gasteiger partial charge is 0.234 e. The number of aliphatic hydroxyl groups excluding tert-OH is 1. The van der Waals surface area contributed by atoms with Gasteiger partial charge >= 0.3 is 0 Å². The highest BCUT2D eigenvalue weighted by Gasteiger charge is 2.38. The SMILES string of the molecule is CC1(C)C(=O)Nc2ccc(C(O)c3cc(Br)c(Br)s3)cc21. The molecule has 0 bridgehead atoms. The van der Waals surface area contributed by atoms with Gasteiger partial charge in [0.15, 0.2) is 0 Å². The average molecular weight is 431 g/mol. The third-order valence-corrected chi connectivity index (χ3v) is 7.09. The zero-order valence-corrected chi connectivity index (χ0v) is 15.4. The molecule has 1 amide bonds. The first-order chi connectivity index (χ1) is 9.80. The van der Waals surface area contributed by atoms with Crippen molar-refractivity contribution < 1.29 is 9.90 Å². The molecule has 0 saturated carbocycles. The second-order valence-corrected chi connectivity index (χ2v) is 8.81. The number of benzene rings is 1. The molecule has 6 heteroatoms. The Morgan fingerprint density at radius 3 is 2.62 bits per heavy atom. The van der Waals surface area contributed by atoms with Crippen LogP contribution in [-0.4, -0.2) is 11.0 Å². The Kier molecular flexibility index (Phi) is 3.76. The Hall–Kier alpha value is -0.690. The minimum absolute atomic E-state index is 0.00856. The number of rotatable bonds is 2. The summed E-state index contributed by atoms with van der Waals surface area (Å²) in [6.45, 7) is 3.78. The topological polar surface area (TPSA) is 49.3 Å². The van der Waals surface area contributed by atoms with E-state index in [9.17, 15) is 9.90 Å². The Morgan fingerprint density at radius 1 is 1.29 bits per heavy atom. The summed E-state index contributed by atoms with van der Waals surface area (Å²) in [5.74, 6) is -0.00856. The fourth-order valence-corrected chi connectivity index (χ4v) is 4.53. The van der Waals surface area contributed by atoms with Gasteiger partial charge in [-0.15, -0.1) is 11.3 Å². The monoisotopic (exact) mass is 429 g/mol. The molecule has 1 atom stereocenters. The maximum absolute atomic E-state index is 12.0. The van der Waals surface area contributed by atoms with Crippen LogP contribution in [0.3, 0.4) is 0 Å². The standard InChI is InChI=1S/C15H13Br2NO2S/c1-15(2)8-5-7(3-4-10(8)18-14(15)20)12(19)11-6-9(16)13(17)21-11/h3-6,12,19H,1-2H3,(H,18,20). The van der Waals surface area contributed by atoms with Crippen LogP contribution in [0.5, 0.6) is 0 Å². The second kappa shape index (κ2) is 5.19. The highest BCUT2D eigenvalue weighted by atomic mass is 79.9. The summed E-state index contributed by atoms with van der Waals surface area (Å²) in [6.07, 6.45) is -0.700. The van der Waals surface area contributed by atoms with E-state index >= 15 is 0 Å². The number of carbonyl (C=O) groups is 1. The third kappa shape index (κ3) is 2.48. The van der Waals surface area contributed by atoms with Crippen LogP contribution >= 0.6 is 43.2 Å². The molecule has 0 saturated heterocycles. The molecule has 21 heavy (non-hydrogen) atoms. The van der Waals surface area contributed by atoms with Gasteiger partial charge < -0.3 is 10.4 Å². The van der Waals surface area contributed by atoms with Crippen LogP contribution in [0, 0.1) is 0 Å². The van der Waals surface area contributed by atoms with Crippen molar-refractivity contribution in [3.63, 3.8) is 0 Å². The van der Waals surface area contributed by atoms with Crippen molar-refractivity contribution in [1.29, 1.82) is 0 Å². The fraction of sp³-hybridized carbons (Fsp3) is 0.267. The zero-order valence-electron chi connectivity index (χ0n) is 11.4. The first-order valence-corrected chi connectivity index (χ1v) is 8.79. The molecule has 0 spiro atoms. The van der Waals surface area contributed by atoms with E-state index in [0.29, 0.717) is 0 Å². The molecule has 0 radical (unpaired) electrons. The van der Waals surface area contributed by atoms with Crippen LogP contribution in [0.2, 0.25) is 0 Å². The van der Waals surface area contributed by atoms with Gasteiger partial charge in [-0.05, 0) is 75.0 Å². The molecule has 1 aromatic carbocycles. The molecule has 3 rings (SSSR count). The predicted molar refractivity (Wildman–Crippen MR) is 91.9 cm³/mol. The van der Waals surface area contributed by atoms with Crippen molar-refractivity contribution >= 4 is 54.8 Å². The molecule has 2 heterocycles. The lowest BCUT2D eigenvalue weighted by molar-refractivity contribution is -0.119. The molecule has 1 aliphatic heterocycles. The normalized spacial score (nSPS) is 17.5. The minimum Gasteiger partial charge on any atom is -0.383 e. The maximum atomic E-state index is 12.0. The summed E-state index contributed by atoms with van der Waals surface area (Å²) in [5.41, 5.74) is 1.98. The van der Waals surface area contributed by atoms with Crippen LogP contribution in [0.1, 0.15) is 36.0 Å². The van der Waals surface area contributed by atoms with Gasteiger partial charge in [0, 0.05) is 15.0 Å². The number of aliphatic hydroxyl groups is 1. The molecular formula is C15H13Br2NO2S. The quantitative estimate of drug-likeness (QED) is 0.732. The lowest BCUT2D eigenvalue weighted by Crippen LogP contribution is -2.26. The molecule has 2 aromatic rings. The number of fused-ring (bicyclic) bond motifs is 1. The Labute approximate surface area is 143 Å². The summed E-state index contributed by atoms with van der Waals surface area (Å²) >= 11 is 8.36. The average Bonchev–Trinajstić information content (AvgIpc) is 2.88. The van der Waals surface area contributed by atoms with Crippen LogP contribution < -0.4 is 5.32 Å². The molecule has 1 aliphatic rings. The van der Waals surface area contributed by atoms with E-state index in [0.717, 1.165) is 30.0 Å². The number of amides is 1. The van der Waals surface area contributed by atoms with Gasteiger partial charge in [-0.2, -0.15) is 0 Å². The Bertz CT molecular complexity index is 720. The van der Waals surface area contributed by atoms with Crippen LogP contribution in [0.4, 0.5) is 5.69 Å². The summed E-state index contributed by atoms with van der Waals surface area (Å²) in [4.78, 5) is 12.8. The molecule has 3 nitrogen and oxygen atoms in total. The lowest BCUT2D eigenvalue weighted by Gasteiger charge is -2.17. The van der Waals surface area contributed by atoms with Crippen LogP contribution in [-0.2, 0) is 10.2 Å². The van der Waals surface area contributed by atoms with Crippen LogP contribution in [0.25, 0.3) is 0 Å². The first-order valence-electron chi connectivity index (χ1n) is 6.39. The fourth-order valence-electron chi connectivity index (χ4n) is 2.42. The minimum atomic E-state index is -0.700. The van der Waals surface area contributed by atoms with E-state index in [1.54, 1.807) is 0 Å². The zero-order chi connectivity index (χ0) is 15.4. The molecule has 1 aromatic heterocycles. The number of halogens is 2. The summed E-state index contributed by atoms with van der Waals surface area (Å²) in [7, 11) is 0. The summed E-state index contributed by atoms with van der Waals surface area (Å²) in [5, 5.41) is 13.4. The molecule has 1 unspecified atom stereocenters. The van der Waals surface area contributed by atoms with E-state index in [-0.39, 0.29) is 5.91 Å². The van der Waals surface area contributed by atoms with Crippen molar-refractivity contribution in [2.24, 2.45) is 0 Å². The van der Waals surface area contributed by atoms with E-state index < -0.39 is 11.5 Å². The second-order valence-electron chi connectivity index (χ2n) is 5.56. The first kappa shape index (κ1) is 15.2. The molecular weight excluding hydrogens is 418 g/mol. The van der Waals surface area contributed by atoms with Gasteiger partial charge in [-0.3, -0.25) is 4.79 Å². The predicted octanol–water partition coefficient (Wildman–Crippen LogP) is 4.58. The number of nitrogens with one attached hydrogen (secondary N) is 1. The number of thiophene rings is 1. The van der Waals surface area contributed by atoms with E-state index in [2.05, 4.69) is 37.2 Å². The van der Waals surface area contributed by atoms with Gasteiger partial charge in [-0.25, -0.2) is 0 Å². The van der Waals surface area contributed by atoms with Crippen molar-refractivity contribution in [2.75, 3.05) is 5.32 Å². The molecule has 110 valence electrons. The summed E-state index contributed by atoms with van der Waals surface area (Å²) in [6, 6.07) is 7.53. The van der Waals surface area contributed by atoms with Crippen molar-refractivity contribution in [2.45, 2.75) is 25.4 Å². The maximum Gasteiger partial charge on any atom is 0.234 e. The number of hydrogen-bond acceptors (Lipinski definition) is 3. The highest BCUT2D eigenvalue weighted by Crippen LogP contribution is 2.41. The van der Waals surface area contributed by atoms with E-state index in [4.69, 9.17) is 0 Å². The van der Waals surface area contributed by atoms with Gasteiger partial charge in [-0.1, -0.05) is 6.07 Å². The van der Waals surface area contributed by atoms with Crippen molar-refractivity contribution in [1.82, 2.24) is 0 Å². The van der Waals surface area contributed by atoms with E-state index in [1.807, 2.05) is 38.1 Å². The van der Waals surface area contributed by atoms with Crippen molar-refractivity contribution in [3.8, 4) is 0 Å². The number of carbonyl (C=O) groups excluding carboxylic acids is 1. The van der Waals surface area contributed by atoms with Gasteiger partial charge in [0.25, 0.3) is 0 Å². The Balaban J connectivity index is 2.02. The van der Waals surface area contributed by atoms with E-state index in [1.165, 1.54) is 11.3 Å². The van der Waals surface area contributed by atoms with Gasteiger partial charge in [0.05, 0.1) is 9.20 Å². The van der Waals surface area contributed by atoms with Gasteiger partial charge in [0.2, 0.25) is 5.91 Å². The number of hydrogen-bond donors (Lipinski definition) is 2. The lowest BCUT2D eigenvalue weighted by atomic mass is 9.85.